The Balaban J connectivity index is 2.02. The van der Waals surface area contributed by atoms with Crippen LogP contribution >= 0.6 is 0 Å². The van der Waals surface area contributed by atoms with Crippen LogP contribution in [0.5, 0.6) is 11.5 Å². The topological polar surface area (TPSA) is 59.6 Å². The Kier molecular flexibility index (Phi) is 6.07. The maximum absolute atomic E-state index is 12.4. The van der Waals surface area contributed by atoms with Gasteiger partial charge in [0.15, 0.2) is 0 Å². The van der Waals surface area contributed by atoms with Crippen LogP contribution in [0.4, 0.5) is 11.4 Å². The fourth-order valence-electron chi connectivity index (χ4n) is 2.29. The van der Waals surface area contributed by atoms with E-state index >= 15 is 0 Å². The number of carbonyl (C=O) groups excluding carboxylic acids is 1. The molecule has 0 aliphatic heterocycles. The fraction of sp³-hybridized carbons (Fsp3) is 0.316. The van der Waals surface area contributed by atoms with Gasteiger partial charge in [0.2, 0.25) is 5.91 Å². The van der Waals surface area contributed by atoms with E-state index in [4.69, 9.17) is 9.47 Å². The molecule has 0 radical (unpaired) electrons. The number of methoxy groups -OCH3 is 2. The largest absolute Gasteiger partial charge is 0.497 e. The first-order valence-electron chi connectivity index (χ1n) is 7.95. The lowest BCUT2D eigenvalue weighted by Crippen LogP contribution is -2.32. The van der Waals surface area contributed by atoms with Gasteiger partial charge in [0.25, 0.3) is 0 Å². The van der Waals surface area contributed by atoms with Crippen LogP contribution in [0.25, 0.3) is 0 Å². The molecule has 0 saturated carbocycles. The van der Waals surface area contributed by atoms with Crippen LogP contribution in [0.2, 0.25) is 0 Å². The van der Waals surface area contributed by atoms with E-state index in [1.54, 1.807) is 27.2 Å². The Morgan fingerprint density at radius 2 is 1.79 bits per heavy atom. The van der Waals surface area contributed by atoms with Gasteiger partial charge in [-0.15, -0.1) is 0 Å². The summed E-state index contributed by atoms with van der Waals surface area (Å²) < 4.78 is 10.5. The zero-order valence-corrected chi connectivity index (χ0v) is 14.6. The third kappa shape index (κ3) is 4.41. The predicted molar refractivity (Wildman–Crippen MR) is 97.1 cm³/mol. The van der Waals surface area contributed by atoms with Crippen molar-refractivity contribution in [2.24, 2.45) is 0 Å². The molecule has 2 N–H and O–H groups in total. The number of benzene rings is 2. The summed E-state index contributed by atoms with van der Waals surface area (Å²) in [6, 6.07) is 12.9. The highest BCUT2D eigenvalue weighted by Gasteiger charge is 2.15. The number of amides is 1. The van der Waals surface area contributed by atoms with Crippen molar-refractivity contribution in [3.63, 3.8) is 0 Å². The Labute approximate surface area is 143 Å². The zero-order chi connectivity index (χ0) is 17.5. The van der Waals surface area contributed by atoms with Crippen LogP contribution in [0.3, 0.4) is 0 Å². The van der Waals surface area contributed by atoms with Crippen molar-refractivity contribution in [3.05, 3.63) is 48.0 Å². The van der Waals surface area contributed by atoms with E-state index in [1.807, 2.05) is 36.4 Å². The lowest BCUT2D eigenvalue weighted by Gasteiger charge is -2.18. The van der Waals surface area contributed by atoms with E-state index in [2.05, 4.69) is 17.6 Å². The van der Waals surface area contributed by atoms with Gasteiger partial charge in [-0.05, 0) is 43.2 Å². The molecular weight excluding hydrogens is 304 g/mol. The first kappa shape index (κ1) is 17.7. The average molecular weight is 328 g/mol. The number of hydrogen-bond acceptors (Lipinski definition) is 4. The standard InChI is InChI=1S/C19H24N2O3/c1-5-14-6-8-15(9-7-14)21-19(22)13(2)20-17-11-10-16(23-3)12-18(17)24-4/h6-13,20H,5H2,1-4H3,(H,21,22). The number of hydrogen-bond donors (Lipinski definition) is 2. The lowest BCUT2D eigenvalue weighted by molar-refractivity contribution is -0.116. The number of anilines is 2. The van der Waals surface area contributed by atoms with Crippen LogP contribution in [0.15, 0.2) is 42.5 Å². The van der Waals surface area contributed by atoms with Crippen LogP contribution in [-0.2, 0) is 11.2 Å². The Morgan fingerprint density at radius 3 is 2.38 bits per heavy atom. The predicted octanol–water partition coefficient (Wildman–Crippen LogP) is 3.71. The van der Waals surface area contributed by atoms with Crippen LogP contribution in [0.1, 0.15) is 19.4 Å². The van der Waals surface area contributed by atoms with Crippen LogP contribution < -0.4 is 20.1 Å². The molecule has 1 atom stereocenters. The normalized spacial score (nSPS) is 11.5. The molecule has 0 spiro atoms. The highest BCUT2D eigenvalue weighted by Crippen LogP contribution is 2.29. The summed E-state index contributed by atoms with van der Waals surface area (Å²) in [5.74, 6) is 1.21. The van der Waals surface area contributed by atoms with Crippen molar-refractivity contribution < 1.29 is 14.3 Å². The molecule has 2 aromatic carbocycles. The molecule has 128 valence electrons. The molecule has 1 amide bonds. The molecule has 0 aliphatic carbocycles. The summed E-state index contributed by atoms with van der Waals surface area (Å²) in [7, 11) is 3.18. The lowest BCUT2D eigenvalue weighted by atomic mass is 10.1. The number of nitrogens with one attached hydrogen (secondary N) is 2. The molecule has 0 aromatic heterocycles. The van der Waals surface area contributed by atoms with E-state index in [9.17, 15) is 4.79 Å². The maximum Gasteiger partial charge on any atom is 0.246 e. The highest BCUT2D eigenvalue weighted by molar-refractivity contribution is 5.96. The molecule has 5 nitrogen and oxygen atoms in total. The summed E-state index contributed by atoms with van der Waals surface area (Å²) in [6.07, 6.45) is 0.976. The second-order valence-corrected chi connectivity index (χ2v) is 5.47. The number of rotatable bonds is 7. The summed E-state index contributed by atoms with van der Waals surface area (Å²) in [4.78, 5) is 12.4. The third-order valence-corrected chi connectivity index (χ3v) is 3.80. The minimum absolute atomic E-state index is 0.114. The monoisotopic (exact) mass is 328 g/mol. The number of carbonyl (C=O) groups is 1. The molecule has 0 heterocycles. The zero-order valence-electron chi connectivity index (χ0n) is 14.6. The fourth-order valence-corrected chi connectivity index (χ4v) is 2.29. The number of aryl methyl sites for hydroxylation is 1. The van der Waals surface area contributed by atoms with Crippen LogP contribution in [-0.4, -0.2) is 26.2 Å². The SMILES string of the molecule is CCc1ccc(NC(=O)C(C)Nc2ccc(OC)cc2OC)cc1. The van der Waals surface area contributed by atoms with Gasteiger partial charge in [-0.3, -0.25) is 4.79 Å². The minimum Gasteiger partial charge on any atom is -0.497 e. The van der Waals surface area contributed by atoms with Crippen molar-refractivity contribution in [2.75, 3.05) is 24.9 Å². The maximum atomic E-state index is 12.4. The van der Waals surface area contributed by atoms with E-state index in [-0.39, 0.29) is 5.91 Å². The Bertz CT molecular complexity index is 684. The number of ether oxygens (including phenoxy) is 2. The molecule has 1 unspecified atom stereocenters. The minimum atomic E-state index is -0.418. The molecule has 0 fully saturated rings. The molecule has 24 heavy (non-hydrogen) atoms. The highest BCUT2D eigenvalue weighted by atomic mass is 16.5. The van der Waals surface area contributed by atoms with Gasteiger partial charge in [0.1, 0.15) is 17.5 Å². The van der Waals surface area contributed by atoms with Gasteiger partial charge in [0, 0.05) is 11.8 Å². The smallest absolute Gasteiger partial charge is 0.246 e. The molecule has 2 rings (SSSR count). The van der Waals surface area contributed by atoms with Crippen molar-refractivity contribution in [2.45, 2.75) is 26.3 Å². The van der Waals surface area contributed by atoms with Crippen molar-refractivity contribution in [3.8, 4) is 11.5 Å². The summed E-state index contributed by atoms with van der Waals surface area (Å²) in [5, 5.41) is 6.07. The second kappa shape index (κ2) is 8.24. The summed E-state index contributed by atoms with van der Waals surface area (Å²) in [6.45, 7) is 3.90. The second-order valence-electron chi connectivity index (χ2n) is 5.47. The molecule has 2 aromatic rings. The van der Waals surface area contributed by atoms with E-state index in [0.717, 1.165) is 17.8 Å². The van der Waals surface area contributed by atoms with Gasteiger partial charge < -0.3 is 20.1 Å². The summed E-state index contributed by atoms with van der Waals surface area (Å²) >= 11 is 0. The third-order valence-electron chi connectivity index (χ3n) is 3.80. The van der Waals surface area contributed by atoms with Crippen molar-refractivity contribution in [1.29, 1.82) is 0 Å². The summed E-state index contributed by atoms with van der Waals surface area (Å²) in [5.41, 5.74) is 2.76. The molecular formula is C19H24N2O3. The van der Waals surface area contributed by atoms with Crippen molar-refractivity contribution in [1.82, 2.24) is 0 Å². The van der Waals surface area contributed by atoms with Crippen LogP contribution in [0, 0.1) is 0 Å². The van der Waals surface area contributed by atoms with Gasteiger partial charge in [-0.1, -0.05) is 19.1 Å². The molecule has 0 saturated heterocycles. The van der Waals surface area contributed by atoms with E-state index in [0.29, 0.717) is 11.5 Å². The first-order chi connectivity index (χ1) is 11.6. The van der Waals surface area contributed by atoms with Gasteiger partial charge in [-0.2, -0.15) is 0 Å². The van der Waals surface area contributed by atoms with E-state index < -0.39 is 6.04 Å². The molecule has 0 bridgehead atoms. The van der Waals surface area contributed by atoms with Crippen molar-refractivity contribution >= 4 is 17.3 Å². The van der Waals surface area contributed by atoms with Gasteiger partial charge in [-0.25, -0.2) is 0 Å². The van der Waals surface area contributed by atoms with Gasteiger partial charge >= 0.3 is 0 Å². The Hall–Kier alpha value is -2.69. The quantitative estimate of drug-likeness (QED) is 0.813. The average Bonchev–Trinajstić information content (AvgIpc) is 2.62. The first-order valence-corrected chi connectivity index (χ1v) is 7.95. The van der Waals surface area contributed by atoms with Gasteiger partial charge in [0.05, 0.1) is 19.9 Å². The van der Waals surface area contributed by atoms with E-state index in [1.165, 1.54) is 5.56 Å². The molecule has 5 heteroatoms. The molecule has 0 aliphatic rings. The Morgan fingerprint density at radius 1 is 1.08 bits per heavy atom.